The van der Waals surface area contributed by atoms with Gasteiger partial charge in [-0.2, -0.15) is 11.8 Å². The van der Waals surface area contributed by atoms with Crippen LogP contribution in [-0.4, -0.2) is 33.5 Å². The zero-order chi connectivity index (χ0) is 12.3. The van der Waals surface area contributed by atoms with Gasteiger partial charge in [0.25, 0.3) is 0 Å². The van der Waals surface area contributed by atoms with Crippen LogP contribution in [0.2, 0.25) is 0 Å². The van der Waals surface area contributed by atoms with E-state index in [9.17, 15) is 0 Å². The fraction of sp³-hybridized carbons (Fsp3) is 0.615. The highest BCUT2D eigenvalue weighted by atomic mass is 79.9. The quantitative estimate of drug-likeness (QED) is 0.830. The number of hydrogen-bond acceptors (Lipinski definition) is 3. The number of rotatable bonds is 2. The summed E-state index contributed by atoms with van der Waals surface area (Å²) in [6, 6.07) is 4.17. The second-order valence-corrected chi connectivity index (χ2v) is 7.82. The van der Waals surface area contributed by atoms with E-state index in [1.165, 1.54) is 25.3 Å². The van der Waals surface area contributed by atoms with E-state index in [4.69, 9.17) is 0 Å². The molecule has 0 N–H and O–H groups in total. The van der Waals surface area contributed by atoms with Gasteiger partial charge in [0.05, 0.1) is 5.69 Å². The van der Waals surface area contributed by atoms with Crippen molar-refractivity contribution in [3.05, 3.63) is 28.5 Å². The fourth-order valence-corrected chi connectivity index (χ4v) is 3.32. The number of halogens is 1. The number of aromatic nitrogens is 1. The van der Waals surface area contributed by atoms with Crippen LogP contribution in [-0.2, 0) is 6.54 Å². The summed E-state index contributed by atoms with van der Waals surface area (Å²) in [5, 5.41) is 0. The lowest BCUT2D eigenvalue weighted by molar-refractivity contribution is 0.273. The largest absolute Gasteiger partial charge is 0.297 e. The maximum absolute atomic E-state index is 4.44. The van der Waals surface area contributed by atoms with Gasteiger partial charge < -0.3 is 0 Å². The molecule has 1 aromatic heterocycles. The zero-order valence-electron chi connectivity index (χ0n) is 10.4. The molecular weight excluding hydrogens is 296 g/mol. The molecule has 0 aromatic carbocycles. The van der Waals surface area contributed by atoms with Gasteiger partial charge in [-0.15, -0.1) is 0 Å². The van der Waals surface area contributed by atoms with Crippen LogP contribution in [0.25, 0.3) is 0 Å². The summed E-state index contributed by atoms with van der Waals surface area (Å²) in [6.07, 6.45) is 3.14. The van der Waals surface area contributed by atoms with E-state index >= 15 is 0 Å². The van der Waals surface area contributed by atoms with Crippen LogP contribution in [0.15, 0.2) is 22.8 Å². The minimum Gasteiger partial charge on any atom is -0.297 e. The molecular formula is C13H19BrN2S. The van der Waals surface area contributed by atoms with Crippen LogP contribution >= 0.6 is 27.7 Å². The van der Waals surface area contributed by atoms with Crippen molar-refractivity contribution in [3.8, 4) is 0 Å². The first-order valence-corrected chi connectivity index (χ1v) is 7.80. The van der Waals surface area contributed by atoms with E-state index in [2.05, 4.69) is 63.6 Å². The summed E-state index contributed by atoms with van der Waals surface area (Å²) in [5.41, 5.74) is 1.16. The Bertz CT molecular complexity index is 364. The Labute approximate surface area is 116 Å². The molecule has 0 saturated carbocycles. The van der Waals surface area contributed by atoms with Crippen LogP contribution in [0.5, 0.6) is 0 Å². The molecule has 4 heteroatoms. The van der Waals surface area contributed by atoms with Crippen LogP contribution in [0.1, 0.15) is 26.0 Å². The lowest BCUT2D eigenvalue weighted by atomic mass is 10.1. The molecule has 1 aliphatic heterocycles. The highest BCUT2D eigenvalue weighted by Gasteiger charge is 2.23. The highest BCUT2D eigenvalue weighted by molar-refractivity contribution is 9.10. The van der Waals surface area contributed by atoms with Crippen LogP contribution in [0, 0.1) is 0 Å². The standard InChI is InChI=1S/C13H19BrN2S/c1-13(2)5-6-16(7-8-17-13)10-12-4-3-11(14)9-15-12/h3-4,9H,5-8,10H2,1-2H3. The molecule has 0 radical (unpaired) electrons. The number of hydrogen-bond donors (Lipinski definition) is 0. The molecule has 2 heterocycles. The summed E-state index contributed by atoms with van der Waals surface area (Å²) in [4.78, 5) is 6.96. The molecule has 1 fully saturated rings. The van der Waals surface area contributed by atoms with Crippen molar-refractivity contribution in [3.63, 3.8) is 0 Å². The van der Waals surface area contributed by atoms with Gasteiger partial charge in [0.1, 0.15) is 0 Å². The topological polar surface area (TPSA) is 16.1 Å². The van der Waals surface area contributed by atoms with Gasteiger partial charge in [0, 0.05) is 34.3 Å². The lowest BCUT2D eigenvalue weighted by Gasteiger charge is -2.22. The molecule has 1 aromatic rings. The third-order valence-corrected chi connectivity index (χ3v) is 4.95. The molecule has 0 spiro atoms. The number of pyridine rings is 1. The summed E-state index contributed by atoms with van der Waals surface area (Å²) >= 11 is 5.51. The Kier molecular flexibility index (Phi) is 4.50. The molecule has 2 nitrogen and oxygen atoms in total. The van der Waals surface area contributed by atoms with Crippen molar-refractivity contribution >= 4 is 27.7 Å². The molecule has 0 amide bonds. The van der Waals surface area contributed by atoms with Crippen molar-refractivity contribution in [1.82, 2.24) is 9.88 Å². The summed E-state index contributed by atoms with van der Waals surface area (Å²) < 4.78 is 1.48. The Morgan fingerprint density at radius 3 is 2.94 bits per heavy atom. The number of nitrogens with zero attached hydrogens (tertiary/aromatic N) is 2. The number of thioether (sulfide) groups is 1. The van der Waals surface area contributed by atoms with Gasteiger partial charge in [0.2, 0.25) is 0 Å². The van der Waals surface area contributed by atoms with E-state index in [1.54, 1.807) is 0 Å². The van der Waals surface area contributed by atoms with Gasteiger partial charge in [-0.1, -0.05) is 13.8 Å². The fourth-order valence-electron chi connectivity index (χ4n) is 1.95. The van der Waals surface area contributed by atoms with E-state index in [0.717, 1.165) is 16.7 Å². The van der Waals surface area contributed by atoms with Crippen LogP contribution < -0.4 is 0 Å². The lowest BCUT2D eigenvalue weighted by Crippen LogP contribution is -2.27. The Morgan fingerprint density at radius 1 is 1.41 bits per heavy atom. The van der Waals surface area contributed by atoms with Crippen LogP contribution in [0.4, 0.5) is 0 Å². The SMILES string of the molecule is CC1(C)CCN(Cc2ccc(Br)cn2)CCS1. The molecule has 0 unspecified atom stereocenters. The predicted molar refractivity (Wildman–Crippen MR) is 78.4 cm³/mol. The second kappa shape index (κ2) is 5.72. The van der Waals surface area contributed by atoms with Gasteiger partial charge in [-0.25, -0.2) is 0 Å². The molecule has 1 saturated heterocycles. The molecule has 1 aliphatic rings. The average Bonchev–Trinajstić information content (AvgIpc) is 2.44. The minimum atomic E-state index is 0.432. The second-order valence-electron chi connectivity index (χ2n) is 5.10. The Morgan fingerprint density at radius 2 is 2.24 bits per heavy atom. The molecule has 2 rings (SSSR count). The summed E-state index contributed by atoms with van der Waals surface area (Å²) in [5.74, 6) is 1.23. The summed E-state index contributed by atoms with van der Waals surface area (Å²) in [6.45, 7) is 8.02. The Hall–Kier alpha value is -0.0600. The molecule has 0 atom stereocenters. The van der Waals surface area contributed by atoms with Crippen molar-refractivity contribution < 1.29 is 0 Å². The van der Waals surface area contributed by atoms with Crippen molar-refractivity contribution in [2.24, 2.45) is 0 Å². The van der Waals surface area contributed by atoms with Gasteiger partial charge >= 0.3 is 0 Å². The smallest absolute Gasteiger partial charge is 0.0544 e. The average molecular weight is 315 g/mol. The van der Waals surface area contributed by atoms with Gasteiger partial charge in [-0.05, 0) is 41.0 Å². The normalized spacial score (nSPS) is 21.1. The van der Waals surface area contributed by atoms with Crippen molar-refractivity contribution in [2.45, 2.75) is 31.6 Å². The highest BCUT2D eigenvalue weighted by Crippen LogP contribution is 2.30. The van der Waals surface area contributed by atoms with E-state index in [1.807, 2.05) is 6.20 Å². The third kappa shape index (κ3) is 4.27. The van der Waals surface area contributed by atoms with Crippen molar-refractivity contribution in [2.75, 3.05) is 18.8 Å². The first kappa shape index (κ1) is 13.4. The van der Waals surface area contributed by atoms with E-state index in [0.29, 0.717) is 4.75 Å². The first-order chi connectivity index (χ1) is 8.05. The molecule has 17 heavy (non-hydrogen) atoms. The monoisotopic (exact) mass is 314 g/mol. The minimum absolute atomic E-state index is 0.432. The predicted octanol–water partition coefficient (Wildman–Crippen LogP) is 3.56. The van der Waals surface area contributed by atoms with Gasteiger partial charge in [-0.3, -0.25) is 9.88 Å². The first-order valence-electron chi connectivity index (χ1n) is 6.02. The van der Waals surface area contributed by atoms with Crippen LogP contribution in [0.3, 0.4) is 0 Å². The maximum atomic E-state index is 4.44. The van der Waals surface area contributed by atoms with E-state index < -0.39 is 0 Å². The Balaban J connectivity index is 1.93. The maximum Gasteiger partial charge on any atom is 0.0544 e. The molecule has 0 bridgehead atoms. The summed E-state index contributed by atoms with van der Waals surface area (Å²) in [7, 11) is 0. The van der Waals surface area contributed by atoms with Gasteiger partial charge in [0.15, 0.2) is 0 Å². The molecule has 94 valence electrons. The molecule has 0 aliphatic carbocycles. The van der Waals surface area contributed by atoms with E-state index in [-0.39, 0.29) is 0 Å². The third-order valence-electron chi connectivity index (χ3n) is 3.10. The zero-order valence-corrected chi connectivity index (χ0v) is 12.9. The van der Waals surface area contributed by atoms with Crippen molar-refractivity contribution in [1.29, 1.82) is 0 Å².